The Labute approximate surface area is 157 Å². The second-order valence-electron chi connectivity index (χ2n) is 7.20. The van der Waals surface area contributed by atoms with Crippen molar-refractivity contribution >= 4 is 17.3 Å². The summed E-state index contributed by atoms with van der Waals surface area (Å²) >= 11 is 6.50. The number of nitrogens with one attached hydrogen (secondary N) is 2. The van der Waals surface area contributed by atoms with E-state index in [2.05, 4.69) is 54.8 Å². The van der Waals surface area contributed by atoms with Crippen molar-refractivity contribution in [2.45, 2.75) is 46.1 Å². The molecule has 0 fully saturated rings. The molecule has 0 saturated heterocycles. The van der Waals surface area contributed by atoms with Crippen LogP contribution in [0.25, 0.3) is 0 Å². The van der Waals surface area contributed by atoms with E-state index in [0.29, 0.717) is 0 Å². The van der Waals surface area contributed by atoms with Crippen LogP contribution in [0.1, 0.15) is 42.5 Å². The smallest absolute Gasteiger partial charge is 0.0640 e. The van der Waals surface area contributed by atoms with Crippen molar-refractivity contribution in [3.05, 3.63) is 63.7 Å². The molecule has 0 saturated carbocycles. The SMILES string of the molecule is CCC(C)Cc1ccc(CNc2c(Cl)ccc3c2CCNCC3)cc1. The normalized spacial score (nSPS) is 15.3. The fourth-order valence-corrected chi connectivity index (χ4v) is 3.71. The predicted molar refractivity (Wildman–Crippen MR) is 109 cm³/mol. The molecule has 3 heteroatoms. The number of halogens is 1. The van der Waals surface area contributed by atoms with Crippen molar-refractivity contribution in [2.24, 2.45) is 5.92 Å². The minimum Gasteiger partial charge on any atom is -0.380 e. The molecule has 134 valence electrons. The van der Waals surface area contributed by atoms with Crippen LogP contribution in [0, 0.1) is 5.92 Å². The van der Waals surface area contributed by atoms with Crippen LogP contribution in [-0.2, 0) is 25.8 Å². The Hall–Kier alpha value is -1.51. The van der Waals surface area contributed by atoms with Gasteiger partial charge >= 0.3 is 0 Å². The Bertz CT molecular complexity index is 694. The quantitative estimate of drug-likeness (QED) is 0.740. The maximum Gasteiger partial charge on any atom is 0.0640 e. The molecule has 3 rings (SSSR count). The molecule has 25 heavy (non-hydrogen) atoms. The molecule has 2 N–H and O–H groups in total. The van der Waals surface area contributed by atoms with Crippen molar-refractivity contribution < 1.29 is 0 Å². The van der Waals surface area contributed by atoms with E-state index in [-0.39, 0.29) is 0 Å². The van der Waals surface area contributed by atoms with Crippen LogP contribution < -0.4 is 10.6 Å². The predicted octanol–water partition coefficient (Wildman–Crippen LogP) is 5.23. The molecular formula is C22H29ClN2. The first-order valence-corrected chi connectivity index (χ1v) is 9.87. The average molecular weight is 357 g/mol. The summed E-state index contributed by atoms with van der Waals surface area (Å²) in [6, 6.07) is 13.2. The molecule has 1 aliphatic heterocycles. The summed E-state index contributed by atoms with van der Waals surface area (Å²) < 4.78 is 0. The molecule has 2 aromatic carbocycles. The van der Waals surface area contributed by atoms with Crippen LogP contribution in [0.5, 0.6) is 0 Å². The number of anilines is 1. The first kappa shape index (κ1) is 18.3. The van der Waals surface area contributed by atoms with Crippen LogP contribution in [-0.4, -0.2) is 13.1 Å². The Kier molecular flexibility index (Phi) is 6.39. The first-order chi connectivity index (χ1) is 12.2. The first-order valence-electron chi connectivity index (χ1n) is 9.50. The van der Waals surface area contributed by atoms with Gasteiger partial charge in [0.25, 0.3) is 0 Å². The van der Waals surface area contributed by atoms with Gasteiger partial charge in [-0.05, 0) is 66.6 Å². The highest BCUT2D eigenvalue weighted by Crippen LogP contribution is 2.31. The van der Waals surface area contributed by atoms with Crippen molar-refractivity contribution in [1.29, 1.82) is 0 Å². The molecule has 0 bridgehead atoms. The van der Waals surface area contributed by atoms with Gasteiger partial charge in [0.2, 0.25) is 0 Å². The van der Waals surface area contributed by atoms with E-state index in [1.165, 1.54) is 28.7 Å². The number of hydrogen-bond acceptors (Lipinski definition) is 2. The van der Waals surface area contributed by atoms with Gasteiger partial charge in [-0.3, -0.25) is 0 Å². The zero-order valence-corrected chi connectivity index (χ0v) is 16.1. The summed E-state index contributed by atoms with van der Waals surface area (Å²) in [5, 5.41) is 7.89. The third-order valence-electron chi connectivity index (χ3n) is 5.26. The maximum absolute atomic E-state index is 6.50. The Morgan fingerprint density at radius 1 is 1.04 bits per heavy atom. The van der Waals surface area contributed by atoms with Crippen LogP contribution in [0.4, 0.5) is 5.69 Å². The summed E-state index contributed by atoms with van der Waals surface area (Å²) in [7, 11) is 0. The molecule has 0 amide bonds. The number of rotatable bonds is 6. The Morgan fingerprint density at radius 3 is 2.52 bits per heavy atom. The Morgan fingerprint density at radius 2 is 1.76 bits per heavy atom. The highest BCUT2D eigenvalue weighted by Gasteiger charge is 2.14. The molecule has 0 aromatic heterocycles. The fourth-order valence-electron chi connectivity index (χ4n) is 3.47. The third kappa shape index (κ3) is 4.77. The summed E-state index contributed by atoms with van der Waals surface area (Å²) in [5.41, 5.74) is 6.64. The summed E-state index contributed by atoms with van der Waals surface area (Å²) in [6.45, 7) is 7.45. The topological polar surface area (TPSA) is 24.1 Å². The number of hydrogen-bond donors (Lipinski definition) is 2. The molecule has 1 unspecified atom stereocenters. The van der Waals surface area contributed by atoms with Crippen molar-refractivity contribution in [1.82, 2.24) is 5.32 Å². The van der Waals surface area contributed by atoms with E-state index in [0.717, 1.165) is 55.5 Å². The molecule has 1 atom stereocenters. The average Bonchev–Trinajstić information content (AvgIpc) is 2.87. The molecule has 2 aromatic rings. The molecule has 1 aliphatic rings. The highest BCUT2D eigenvalue weighted by atomic mass is 35.5. The van der Waals surface area contributed by atoms with Gasteiger partial charge in [0.15, 0.2) is 0 Å². The van der Waals surface area contributed by atoms with Gasteiger partial charge in [0.1, 0.15) is 0 Å². The highest BCUT2D eigenvalue weighted by molar-refractivity contribution is 6.33. The molecule has 0 spiro atoms. The lowest BCUT2D eigenvalue weighted by Gasteiger charge is -2.16. The third-order valence-corrected chi connectivity index (χ3v) is 5.57. The van der Waals surface area contributed by atoms with E-state index in [4.69, 9.17) is 11.6 Å². The minimum atomic E-state index is 0.746. The number of benzene rings is 2. The zero-order valence-electron chi connectivity index (χ0n) is 15.4. The molecule has 1 heterocycles. The summed E-state index contributed by atoms with van der Waals surface area (Å²) in [5.74, 6) is 0.746. The van der Waals surface area contributed by atoms with Crippen LogP contribution in [0.3, 0.4) is 0 Å². The molecule has 0 aliphatic carbocycles. The van der Waals surface area contributed by atoms with Crippen molar-refractivity contribution in [3.63, 3.8) is 0 Å². The lowest BCUT2D eigenvalue weighted by molar-refractivity contribution is 0.560. The van der Waals surface area contributed by atoms with Crippen LogP contribution in [0.2, 0.25) is 5.02 Å². The van der Waals surface area contributed by atoms with E-state index in [1.54, 1.807) is 0 Å². The molecule has 2 nitrogen and oxygen atoms in total. The fraction of sp³-hybridized carbons (Fsp3) is 0.455. The van der Waals surface area contributed by atoms with E-state index < -0.39 is 0 Å². The van der Waals surface area contributed by atoms with Gasteiger partial charge in [-0.1, -0.05) is 62.2 Å². The van der Waals surface area contributed by atoms with E-state index in [9.17, 15) is 0 Å². The number of fused-ring (bicyclic) bond motifs is 1. The standard InChI is InChI=1S/C22H29ClN2/c1-3-16(2)14-17-4-6-18(7-5-17)15-25-22-20-11-13-24-12-10-19(20)8-9-21(22)23/h4-9,16,24-25H,3,10-15H2,1-2H3. The second kappa shape index (κ2) is 8.73. The maximum atomic E-state index is 6.50. The second-order valence-corrected chi connectivity index (χ2v) is 7.60. The van der Waals surface area contributed by atoms with Gasteiger partial charge in [0.05, 0.1) is 10.7 Å². The minimum absolute atomic E-state index is 0.746. The van der Waals surface area contributed by atoms with Gasteiger partial charge in [0, 0.05) is 6.54 Å². The Balaban J connectivity index is 1.69. The monoisotopic (exact) mass is 356 g/mol. The zero-order chi connectivity index (χ0) is 17.6. The lowest BCUT2D eigenvalue weighted by Crippen LogP contribution is -2.16. The van der Waals surface area contributed by atoms with Crippen LogP contribution >= 0.6 is 11.6 Å². The van der Waals surface area contributed by atoms with E-state index in [1.807, 2.05) is 6.07 Å². The van der Waals surface area contributed by atoms with Crippen LogP contribution in [0.15, 0.2) is 36.4 Å². The van der Waals surface area contributed by atoms with E-state index >= 15 is 0 Å². The molecule has 0 radical (unpaired) electrons. The van der Waals surface area contributed by atoms with Crippen molar-refractivity contribution in [3.8, 4) is 0 Å². The lowest BCUT2D eigenvalue weighted by atomic mass is 9.98. The van der Waals surface area contributed by atoms with Gasteiger partial charge in [-0.15, -0.1) is 0 Å². The summed E-state index contributed by atoms with van der Waals surface area (Å²) in [4.78, 5) is 0. The van der Waals surface area contributed by atoms with Crippen molar-refractivity contribution in [2.75, 3.05) is 18.4 Å². The largest absolute Gasteiger partial charge is 0.380 e. The van der Waals surface area contributed by atoms with Gasteiger partial charge in [-0.25, -0.2) is 0 Å². The summed E-state index contributed by atoms with van der Waals surface area (Å²) in [6.07, 6.45) is 4.50. The van der Waals surface area contributed by atoms with Gasteiger partial charge in [-0.2, -0.15) is 0 Å². The molecular weight excluding hydrogens is 328 g/mol. The van der Waals surface area contributed by atoms with Gasteiger partial charge < -0.3 is 10.6 Å².